The van der Waals surface area contributed by atoms with Gasteiger partial charge in [0, 0.05) is 5.69 Å². The molecule has 1 atom stereocenters. The molecule has 2 aromatic carbocycles. The van der Waals surface area contributed by atoms with E-state index in [2.05, 4.69) is 40.8 Å². The van der Waals surface area contributed by atoms with Gasteiger partial charge in [-0.1, -0.05) is 61.5 Å². The van der Waals surface area contributed by atoms with Gasteiger partial charge in [0.1, 0.15) is 0 Å². The van der Waals surface area contributed by atoms with Gasteiger partial charge in [0.15, 0.2) is 0 Å². The highest BCUT2D eigenvalue weighted by Crippen LogP contribution is 2.29. The maximum absolute atomic E-state index is 12.8. The Morgan fingerprint density at radius 2 is 1.79 bits per heavy atom. The zero-order chi connectivity index (χ0) is 20.3. The van der Waals surface area contributed by atoms with Crippen LogP contribution in [0.25, 0.3) is 5.69 Å². The van der Waals surface area contributed by atoms with Crippen molar-refractivity contribution in [1.29, 1.82) is 0 Å². The first-order chi connectivity index (χ1) is 13.4. The maximum Gasteiger partial charge on any atom is 0.237 e. The van der Waals surface area contributed by atoms with Gasteiger partial charge in [-0.15, -0.1) is 5.10 Å². The van der Waals surface area contributed by atoms with Crippen LogP contribution >= 0.6 is 11.8 Å². The quantitative estimate of drug-likeness (QED) is 0.621. The van der Waals surface area contributed by atoms with Gasteiger partial charge in [-0.3, -0.25) is 4.79 Å². The van der Waals surface area contributed by atoms with Gasteiger partial charge < -0.3 is 5.32 Å². The molecule has 0 saturated carbocycles. The van der Waals surface area contributed by atoms with Gasteiger partial charge in [-0.25, -0.2) is 0 Å². The monoisotopic (exact) mass is 395 g/mol. The van der Waals surface area contributed by atoms with Crippen LogP contribution in [0.2, 0.25) is 0 Å². The summed E-state index contributed by atoms with van der Waals surface area (Å²) < 4.78 is 1.65. The number of amides is 1. The molecular weight excluding hydrogens is 370 g/mol. The summed E-state index contributed by atoms with van der Waals surface area (Å²) in [6, 6.07) is 14.0. The van der Waals surface area contributed by atoms with E-state index >= 15 is 0 Å². The summed E-state index contributed by atoms with van der Waals surface area (Å²) in [7, 11) is 0. The van der Waals surface area contributed by atoms with E-state index in [1.165, 1.54) is 11.8 Å². The fourth-order valence-electron chi connectivity index (χ4n) is 2.88. The van der Waals surface area contributed by atoms with Crippen molar-refractivity contribution in [3.63, 3.8) is 0 Å². The van der Waals surface area contributed by atoms with E-state index in [1.54, 1.807) is 4.68 Å². The number of anilines is 1. The Morgan fingerprint density at radius 3 is 2.46 bits per heavy atom. The standard InChI is InChI=1S/C21H25N5OS/c1-13(2)18-8-6-7-15(4)19(18)22-20(27)16(5)28-21-23-24-25-26(21)17-11-9-14(3)10-12-17/h6-13,16H,1-5H3,(H,22,27)/t16-/m0/s1. The summed E-state index contributed by atoms with van der Waals surface area (Å²) in [6.45, 7) is 10.2. The molecule has 7 heteroatoms. The normalized spacial score (nSPS) is 12.2. The molecule has 0 unspecified atom stereocenters. The molecule has 1 heterocycles. The first kappa shape index (κ1) is 20.1. The van der Waals surface area contributed by atoms with Crippen molar-refractivity contribution in [2.45, 2.75) is 50.9 Å². The number of nitrogens with zero attached hydrogens (tertiary/aromatic N) is 4. The summed E-state index contributed by atoms with van der Waals surface area (Å²) in [5, 5.41) is 15.3. The first-order valence-electron chi connectivity index (χ1n) is 9.29. The molecule has 1 aromatic heterocycles. The number of aryl methyl sites for hydroxylation is 2. The van der Waals surface area contributed by atoms with Crippen molar-refractivity contribution in [2.24, 2.45) is 0 Å². The second-order valence-corrected chi connectivity index (χ2v) is 8.46. The Balaban J connectivity index is 1.76. The van der Waals surface area contributed by atoms with Crippen LogP contribution < -0.4 is 5.32 Å². The molecule has 0 saturated heterocycles. The SMILES string of the molecule is Cc1ccc(-n2nnnc2S[C@@H](C)C(=O)Nc2c(C)cccc2C(C)C)cc1. The minimum absolute atomic E-state index is 0.0698. The average molecular weight is 396 g/mol. The first-order valence-corrected chi connectivity index (χ1v) is 10.2. The molecule has 0 fully saturated rings. The largest absolute Gasteiger partial charge is 0.325 e. The van der Waals surface area contributed by atoms with Crippen molar-refractivity contribution >= 4 is 23.4 Å². The maximum atomic E-state index is 12.8. The van der Waals surface area contributed by atoms with Gasteiger partial charge in [-0.2, -0.15) is 4.68 Å². The van der Waals surface area contributed by atoms with Crippen molar-refractivity contribution in [1.82, 2.24) is 20.2 Å². The molecule has 0 radical (unpaired) electrons. The summed E-state index contributed by atoms with van der Waals surface area (Å²) in [5.41, 5.74) is 5.12. The lowest BCUT2D eigenvalue weighted by molar-refractivity contribution is -0.115. The Bertz CT molecular complexity index is 965. The van der Waals surface area contributed by atoms with E-state index in [0.717, 1.165) is 28.1 Å². The molecule has 6 nitrogen and oxygen atoms in total. The number of hydrogen-bond acceptors (Lipinski definition) is 5. The number of hydrogen-bond donors (Lipinski definition) is 1. The molecule has 0 bridgehead atoms. The molecule has 3 aromatic rings. The molecule has 146 valence electrons. The third-order valence-corrected chi connectivity index (χ3v) is 5.58. The van der Waals surface area contributed by atoms with Crippen LogP contribution in [0.5, 0.6) is 0 Å². The molecule has 0 spiro atoms. The average Bonchev–Trinajstić information content (AvgIpc) is 3.11. The van der Waals surface area contributed by atoms with Crippen LogP contribution in [0.1, 0.15) is 43.4 Å². The van der Waals surface area contributed by atoms with Crippen LogP contribution in [0.15, 0.2) is 47.6 Å². The van der Waals surface area contributed by atoms with Crippen molar-refractivity contribution < 1.29 is 4.79 Å². The number of thioether (sulfide) groups is 1. The third kappa shape index (κ3) is 4.42. The van der Waals surface area contributed by atoms with Gasteiger partial charge in [0.25, 0.3) is 0 Å². The molecule has 3 rings (SSSR count). The summed E-state index contributed by atoms with van der Waals surface area (Å²) in [4.78, 5) is 12.8. The molecule has 0 aliphatic heterocycles. The predicted octanol–water partition coefficient (Wildman–Crippen LogP) is 4.52. The van der Waals surface area contributed by atoms with E-state index < -0.39 is 0 Å². The number of para-hydroxylation sites is 1. The van der Waals surface area contributed by atoms with Crippen molar-refractivity contribution in [3.05, 3.63) is 59.2 Å². The summed E-state index contributed by atoms with van der Waals surface area (Å²) in [6.07, 6.45) is 0. The van der Waals surface area contributed by atoms with E-state index in [4.69, 9.17) is 0 Å². The Kier molecular flexibility index (Phi) is 6.14. The van der Waals surface area contributed by atoms with E-state index in [1.807, 2.05) is 57.2 Å². The van der Waals surface area contributed by atoms with Crippen LogP contribution in [-0.4, -0.2) is 31.4 Å². The highest BCUT2D eigenvalue weighted by Gasteiger charge is 2.21. The highest BCUT2D eigenvalue weighted by atomic mass is 32.2. The highest BCUT2D eigenvalue weighted by molar-refractivity contribution is 8.00. The number of carbonyl (C=O) groups is 1. The van der Waals surface area contributed by atoms with Gasteiger partial charge >= 0.3 is 0 Å². The van der Waals surface area contributed by atoms with Gasteiger partial charge in [0.05, 0.1) is 10.9 Å². The third-order valence-electron chi connectivity index (χ3n) is 4.55. The molecule has 1 amide bonds. The van der Waals surface area contributed by atoms with Crippen LogP contribution in [-0.2, 0) is 4.79 Å². The van der Waals surface area contributed by atoms with E-state index in [-0.39, 0.29) is 11.2 Å². The smallest absolute Gasteiger partial charge is 0.237 e. The van der Waals surface area contributed by atoms with Crippen molar-refractivity contribution in [3.8, 4) is 5.69 Å². The molecule has 28 heavy (non-hydrogen) atoms. The molecule has 1 N–H and O–H groups in total. The summed E-state index contributed by atoms with van der Waals surface area (Å²) >= 11 is 1.34. The Labute approximate surface area is 169 Å². The van der Waals surface area contributed by atoms with E-state index in [0.29, 0.717) is 11.1 Å². The lowest BCUT2D eigenvalue weighted by Crippen LogP contribution is -2.24. The van der Waals surface area contributed by atoms with Crippen molar-refractivity contribution in [2.75, 3.05) is 5.32 Å². The molecule has 0 aliphatic carbocycles. The lowest BCUT2D eigenvalue weighted by atomic mass is 9.98. The second-order valence-electron chi connectivity index (χ2n) is 7.15. The van der Waals surface area contributed by atoms with Gasteiger partial charge in [-0.05, 0) is 60.4 Å². The topological polar surface area (TPSA) is 72.7 Å². The summed E-state index contributed by atoms with van der Waals surface area (Å²) in [5.74, 6) is 0.256. The zero-order valence-corrected chi connectivity index (χ0v) is 17.6. The van der Waals surface area contributed by atoms with Crippen LogP contribution in [0.4, 0.5) is 5.69 Å². The Hall–Kier alpha value is -2.67. The second kappa shape index (κ2) is 8.56. The molecular formula is C21H25N5OS. The van der Waals surface area contributed by atoms with Crippen LogP contribution in [0.3, 0.4) is 0 Å². The number of carbonyl (C=O) groups excluding carboxylic acids is 1. The van der Waals surface area contributed by atoms with Gasteiger partial charge in [0.2, 0.25) is 11.1 Å². The zero-order valence-electron chi connectivity index (χ0n) is 16.8. The number of aromatic nitrogens is 4. The number of tetrazole rings is 1. The fraction of sp³-hybridized carbons (Fsp3) is 0.333. The Morgan fingerprint density at radius 1 is 1.07 bits per heavy atom. The fourth-order valence-corrected chi connectivity index (χ4v) is 3.69. The number of benzene rings is 2. The minimum Gasteiger partial charge on any atom is -0.325 e. The number of rotatable bonds is 6. The van der Waals surface area contributed by atoms with E-state index in [9.17, 15) is 4.79 Å². The van der Waals surface area contributed by atoms with Crippen LogP contribution in [0, 0.1) is 13.8 Å². The number of nitrogens with one attached hydrogen (secondary N) is 1. The molecule has 0 aliphatic rings. The lowest BCUT2D eigenvalue weighted by Gasteiger charge is -2.18. The minimum atomic E-state index is -0.352. The predicted molar refractivity (Wildman–Crippen MR) is 113 cm³/mol.